The Labute approximate surface area is 137 Å². The van der Waals surface area contributed by atoms with Crippen molar-refractivity contribution in [3.05, 3.63) is 40.1 Å². The second-order valence-electron chi connectivity index (χ2n) is 5.64. The van der Waals surface area contributed by atoms with E-state index in [4.69, 9.17) is 9.47 Å². The lowest BCUT2D eigenvalue weighted by Gasteiger charge is -2.09. The van der Waals surface area contributed by atoms with Crippen molar-refractivity contribution in [2.24, 2.45) is 0 Å². The molecule has 9 heteroatoms. The summed E-state index contributed by atoms with van der Waals surface area (Å²) >= 11 is 0. The van der Waals surface area contributed by atoms with Crippen LogP contribution >= 0.6 is 0 Å². The molecule has 1 fully saturated rings. The molecule has 0 radical (unpaired) electrons. The number of nitro groups is 1. The van der Waals surface area contributed by atoms with Gasteiger partial charge in [0.2, 0.25) is 18.6 Å². The van der Waals surface area contributed by atoms with Crippen LogP contribution in [0.15, 0.2) is 24.4 Å². The van der Waals surface area contributed by atoms with E-state index in [0.29, 0.717) is 18.2 Å². The number of aromatic nitrogens is 2. The number of nitrogens with one attached hydrogen (secondary N) is 2. The van der Waals surface area contributed by atoms with Gasteiger partial charge in [-0.25, -0.2) is 4.98 Å². The van der Waals surface area contributed by atoms with Gasteiger partial charge in [-0.15, -0.1) is 0 Å². The third kappa shape index (κ3) is 3.00. The third-order valence-corrected chi connectivity index (χ3v) is 3.77. The van der Waals surface area contributed by atoms with Gasteiger partial charge in [-0.05, 0) is 30.5 Å². The van der Waals surface area contributed by atoms with E-state index < -0.39 is 4.92 Å². The van der Waals surface area contributed by atoms with Crippen molar-refractivity contribution in [3.8, 4) is 11.5 Å². The van der Waals surface area contributed by atoms with Crippen molar-refractivity contribution in [1.29, 1.82) is 0 Å². The summed E-state index contributed by atoms with van der Waals surface area (Å²) < 4.78 is 10.6. The number of ether oxygens (including phenoxy) is 2. The fraction of sp³-hybridized carbons (Fsp3) is 0.333. The summed E-state index contributed by atoms with van der Waals surface area (Å²) in [5.41, 5.74) is 0.855. The molecule has 0 spiro atoms. The second-order valence-corrected chi connectivity index (χ2v) is 5.64. The summed E-state index contributed by atoms with van der Waals surface area (Å²) in [4.78, 5) is 18.8. The molecule has 24 heavy (non-hydrogen) atoms. The van der Waals surface area contributed by atoms with Gasteiger partial charge < -0.3 is 20.1 Å². The summed E-state index contributed by atoms with van der Waals surface area (Å²) in [7, 11) is 0. The molecule has 9 nitrogen and oxygen atoms in total. The Balaban J connectivity index is 1.48. The first kappa shape index (κ1) is 14.5. The number of hydrogen-bond acceptors (Lipinski definition) is 8. The minimum Gasteiger partial charge on any atom is -0.454 e. The molecule has 2 heterocycles. The summed E-state index contributed by atoms with van der Waals surface area (Å²) in [5, 5.41) is 17.2. The highest BCUT2D eigenvalue weighted by molar-refractivity contribution is 5.58. The minimum absolute atomic E-state index is 0.115. The average Bonchev–Trinajstić information content (AvgIpc) is 3.26. The van der Waals surface area contributed by atoms with E-state index in [1.807, 2.05) is 18.2 Å². The quantitative estimate of drug-likeness (QED) is 0.613. The molecule has 1 aromatic carbocycles. The maximum absolute atomic E-state index is 11.1. The number of fused-ring (bicyclic) bond motifs is 1. The number of hydrogen-bond donors (Lipinski definition) is 2. The van der Waals surface area contributed by atoms with Crippen LogP contribution in [0, 0.1) is 10.1 Å². The highest BCUT2D eigenvalue weighted by Crippen LogP contribution is 2.33. The zero-order valence-electron chi connectivity index (χ0n) is 12.7. The van der Waals surface area contributed by atoms with E-state index in [9.17, 15) is 10.1 Å². The Hall–Kier alpha value is -3.10. The molecule has 2 aliphatic rings. The molecular weight excluding hydrogens is 314 g/mol. The normalized spacial score (nSPS) is 15.2. The Morgan fingerprint density at radius 2 is 2.12 bits per heavy atom. The summed E-state index contributed by atoms with van der Waals surface area (Å²) in [6.45, 7) is 0.700. The summed E-state index contributed by atoms with van der Waals surface area (Å²) in [6.07, 6.45) is 3.22. The van der Waals surface area contributed by atoms with Crippen LogP contribution in [-0.4, -0.2) is 27.7 Å². The molecule has 2 aromatic rings. The van der Waals surface area contributed by atoms with Crippen LogP contribution < -0.4 is 20.1 Å². The van der Waals surface area contributed by atoms with Gasteiger partial charge in [0.25, 0.3) is 0 Å². The fourth-order valence-corrected chi connectivity index (χ4v) is 2.35. The zero-order chi connectivity index (χ0) is 16.5. The molecule has 0 unspecified atom stereocenters. The standard InChI is InChI=1S/C15H15N5O4/c21-20(22)11-7-17-15(19-14(11)18-10-2-3-10)16-6-9-1-4-12-13(5-9)24-8-23-12/h1,4-5,7,10H,2-3,6,8H2,(H2,16,17,18,19). The van der Waals surface area contributed by atoms with E-state index in [0.717, 1.165) is 24.2 Å². The van der Waals surface area contributed by atoms with E-state index in [2.05, 4.69) is 20.6 Å². The number of anilines is 2. The van der Waals surface area contributed by atoms with Crippen LogP contribution in [0.25, 0.3) is 0 Å². The lowest BCUT2D eigenvalue weighted by Crippen LogP contribution is -2.10. The van der Waals surface area contributed by atoms with Crippen LogP contribution in [0.2, 0.25) is 0 Å². The average molecular weight is 329 g/mol. The van der Waals surface area contributed by atoms with Crippen LogP contribution in [0.1, 0.15) is 18.4 Å². The Morgan fingerprint density at radius 1 is 1.29 bits per heavy atom. The van der Waals surface area contributed by atoms with E-state index in [1.165, 1.54) is 6.20 Å². The van der Waals surface area contributed by atoms with Crippen LogP contribution in [-0.2, 0) is 6.54 Å². The lowest BCUT2D eigenvalue weighted by molar-refractivity contribution is -0.384. The Kier molecular flexibility index (Phi) is 3.52. The highest BCUT2D eigenvalue weighted by Gasteiger charge is 2.26. The van der Waals surface area contributed by atoms with Crippen molar-refractivity contribution in [2.45, 2.75) is 25.4 Å². The first-order chi connectivity index (χ1) is 11.7. The summed E-state index contributed by atoms with van der Waals surface area (Å²) in [6, 6.07) is 5.90. The van der Waals surface area contributed by atoms with Crippen molar-refractivity contribution < 1.29 is 14.4 Å². The molecule has 1 aromatic heterocycles. The topological polar surface area (TPSA) is 111 Å². The number of rotatable bonds is 6. The van der Waals surface area contributed by atoms with Gasteiger partial charge in [-0.1, -0.05) is 6.07 Å². The van der Waals surface area contributed by atoms with Crippen LogP contribution in [0.3, 0.4) is 0 Å². The third-order valence-electron chi connectivity index (χ3n) is 3.77. The molecular formula is C15H15N5O4. The Morgan fingerprint density at radius 3 is 2.92 bits per heavy atom. The van der Waals surface area contributed by atoms with Gasteiger partial charge in [-0.3, -0.25) is 10.1 Å². The van der Waals surface area contributed by atoms with E-state index in [-0.39, 0.29) is 24.3 Å². The highest BCUT2D eigenvalue weighted by atomic mass is 16.7. The van der Waals surface area contributed by atoms with Gasteiger partial charge in [0.1, 0.15) is 6.20 Å². The van der Waals surface area contributed by atoms with E-state index >= 15 is 0 Å². The molecule has 0 bridgehead atoms. The first-order valence-corrected chi connectivity index (χ1v) is 7.59. The van der Waals surface area contributed by atoms with Gasteiger partial charge in [0.15, 0.2) is 11.5 Å². The van der Waals surface area contributed by atoms with Gasteiger partial charge >= 0.3 is 5.69 Å². The predicted octanol–water partition coefficient (Wildman–Crippen LogP) is 2.30. The fourth-order valence-electron chi connectivity index (χ4n) is 2.35. The largest absolute Gasteiger partial charge is 0.454 e. The van der Waals surface area contributed by atoms with Gasteiger partial charge in [-0.2, -0.15) is 4.98 Å². The lowest BCUT2D eigenvalue weighted by atomic mass is 10.2. The SMILES string of the molecule is O=[N+]([O-])c1cnc(NCc2ccc3c(c2)OCO3)nc1NC1CC1. The summed E-state index contributed by atoms with van der Waals surface area (Å²) in [5.74, 6) is 2.02. The maximum atomic E-state index is 11.1. The van der Waals surface area contributed by atoms with Crippen molar-refractivity contribution >= 4 is 17.5 Å². The molecule has 1 aliphatic carbocycles. The molecule has 1 aliphatic heterocycles. The Bertz CT molecular complexity index is 793. The predicted molar refractivity (Wildman–Crippen MR) is 85.2 cm³/mol. The van der Waals surface area contributed by atoms with Crippen LogP contribution in [0.4, 0.5) is 17.5 Å². The molecule has 0 atom stereocenters. The van der Waals surface area contributed by atoms with E-state index in [1.54, 1.807) is 0 Å². The smallest absolute Gasteiger partial charge is 0.329 e. The monoisotopic (exact) mass is 329 g/mol. The molecule has 1 saturated carbocycles. The number of nitrogens with zero attached hydrogens (tertiary/aromatic N) is 3. The maximum Gasteiger partial charge on any atom is 0.329 e. The molecule has 2 N–H and O–H groups in total. The molecule has 4 rings (SSSR count). The van der Waals surface area contributed by atoms with Gasteiger partial charge in [0.05, 0.1) is 4.92 Å². The van der Waals surface area contributed by atoms with Crippen LogP contribution in [0.5, 0.6) is 11.5 Å². The first-order valence-electron chi connectivity index (χ1n) is 7.59. The van der Waals surface area contributed by atoms with Crippen molar-refractivity contribution in [2.75, 3.05) is 17.4 Å². The van der Waals surface area contributed by atoms with Gasteiger partial charge in [0, 0.05) is 12.6 Å². The number of benzene rings is 1. The molecule has 0 saturated heterocycles. The minimum atomic E-state index is -0.480. The van der Waals surface area contributed by atoms with Crippen molar-refractivity contribution in [1.82, 2.24) is 9.97 Å². The zero-order valence-corrected chi connectivity index (χ0v) is 12.7. The molecule has 124 valence electrons. The molecule has 0 amide bonds. The second kappa shape index (κ2) is 5.84. The van der Waals surface area contributed by atoms with Crippen molar-refractivity contribution in [3.63, 3.8) is 0 Å².